The van der Waals surface area contributed by atoms with Crippen molar-refractivity contribution in [2.45, 2.75) is 41.5 Å². The molecular formula is C12H32BrN4P. The number of rotatable bonds is 9. The van der Waals surface area contributed by atoms with Crippen LogP contribution in [0.25, 0.3) is 0 Å². The summed E-state index contributed by atoms with van der Waals surface area (Å²) >= 11 is 4.04. The quantitative estimate of drug-likeness (QED) is 0.650. The van der Waals surface area contributed by atoms with Gasteiger partial charge in [0.15, 0.2) is 0 Å². The monoisotopic (exact) mass is 342 g/mol. The number of hydrogen-bond acceptors (Lipinski definition) is 4. The molecule has 0 saturated carbocycles. The van der Waals surface area contributed by atoms with Crippen molar-refractivity contribution in [2.24, 2.45) is 5.50 Å². The van der Waals surface area contributed by atoms with Gasteiger partial charge in [0, 0.05) is 0 Å². The molecule has 0 fully saturated rings. The summed E-state index contributed by atoms with van der Waals surface area (Å²) < 4.78 is 7.22. The van der Waals surface area contributed by atoms with Gasteiger partial charge in [-0.3, -0.25) is 0 Å². The molecule has 0 atom stereocenters. The van der Waals surface area contributed by atoms with E-state index in [0.717, 1.165) is 39.3 Å². The molecule has 18 heavy (non-hydrogen) atoms. The van der Waals surface area contributed by atoms with E-state index in [9.17, 15) is 0 Å². The predicted octanol–water partition coefficient (Wildman–Crippen LogP) is 3.49. The van der Waals surface area contributed by atoms with Gasteiger partial charge in [-0.15, -0.1) is 0 Å². The Morgan fingerprint density at radius 1 is 0.667 bits per heavy atom. The Hall–Kier alpha value is 0.750. The molecule has 0 saturated heterocycles. The van der Waals surface area contributed by atoms with Gasteiger partial charge in [0.1, 0.15) is 0 Å². The Labute approximate surface area is 122 Å². The Morgan fingerprint density at radius 3 is 0.944 bits per heavy atom. The second kappa shape index (κ2) is 7.51. The van der Waals surface area contributed by atoms with E-state index in [1.807, 2.05) is 0 Å². The minimum atomic E-state index is -2.82. The summed E-state index contributed by atoms with van der Waals surface area (Å²) in [5.41, 5.74) is 7.06. The SMILES string of the molecule is CCN(CC)P(N)(Br)(N(CC)CC)N(CC)CC. The molecule has 0 aliphatic rings. The van der Waals surface area contributed by atoms with E-state index < -0.39 is 5.91 Å². The van der Waals surface area contributed by atoms with Gasteiger partial charge in [0.05, 0.1) is 0 Å². The Kier molecular flexibility index (Phi) is 7.82. The topological polar surface area (TPSA) is 35.7 Å². The Balaban J connectivity index is 5.76. The maximum absolute atomic E-state index is 7.06. The standard InChI is InChI=1S/C12H32BrN4P/c1-7-15(8-2)18(13,14,16(9-3)10-4)17(11-5)12-6/h7-12,14H2,1-6H3. The Bertz CT molecular complexity index is 200. The van der Waals surface area contributed by atoms with Crippen LogP contribution in [0.15, 0.2) is 0 Å². The molecule has 6 heteroatoms. The van der Waals surface area contributed by atoms with Gasteiger partial charge in [0.25, 0.3) is 0 Å². The summed E-state index contributed by atoms with van der Waals surface area (Å²) in [5, 5.41) is 0. The number of nitrogens with zero attached hydrogens (tertiary/aromatic N) is 3. The zero-order valence-electron chi connectivity index (χ0n) is 13.0. The summed E-state index contributed by atoms with van der Waals surface area (Å²) in [5.74, 6) is -2.82. The first-order valence-corrected chi connectivity index (χ1v) is 11.3. The molecule has 0 heterocycles. The molecule has 0 aromatic rings. The van der Waals surface area contributed by atoms with E-state index in [4.69, 9.17) is 5.50 Å². The van der Waals surface area contributed by atoms with Gasteiger partial charge < -0.3 is 0 Å². The van der Waals surface area contributed by atoms with E-state index in [0.29, 0.717) is 0 Å². The summed E-state index contributed by atoms with van der Waals surface area (Å²) in [6.45, 7) is 18.9. The van der Waals surface area contributed by atoms with Crippen LogP contribution >= 0.6 is 21.4 Å². The molecule has 0 aliphatic heterocycles. The number of hydrogen-bond donors (Lipinski definition) is 1. The molecule has 0 amide bonds. The van der Waals surface area contributed by atoms with E-state index in [-0.39, 0.29) is 0 Å². The van der Waals surface area contributed by atoms with Crippen LogP contribution in [0.2, 0.25) is 0 Å². The summed E-state index contributed by atoms with van der Waals surface area (Å²) in [6, 6.07) is 0. The second-order valence-electron chi connectivity index (χ2n) is 4.36. The van der Waals surface area contributed by atoms with E-state index in [1.54, 1.807) is 0 Å². The van der Waals surface area contributed by atoms with Crippen molar-refractivity contribution in [3.8, 4) is 0 Å². The van der Waals surface area contributed by atoms with Gasteiger partial charge in [-0.05, 0) is 0 Å². The summed E-state index contributed by atoms with van der Waals surface area (Å²) in [6.07, 6.45) is 0. The fraction of sp³-hybridized carbons (Fsp3) is 1.00. The van der Waals surface area contributed by atoms with Crippen LogP contribution in [0.1, 0.15) is 41.5 Å². The molecule has 0 bridgehead atoms. The van der Waals surface area contributed by atoms with Crippen LogP contribution in [0, 0.1) is 0 Å². The molecule has 112 valence electrons. The van der Waals surface area contributed by atoms with Gasteiger partial charge in [-0.2, -0.15) is 0 Å². The molecule has 4 nitrogen and oxygen atoms in total. The summed E-state index contributed by atoms with van der Waals surface area (Å²) in [7, 11) is 0. The van der Waals surface area contributed by atoms with Gasteiger partial charge in [0.2, 0.25) is 0 Å². The van der Waals surface area contributed by atoms with Crippen LogP contribution in [0.3, 0.4) is 0 Å². The van der Waals surface area contributed by atoms with Crippen molar-refractivity contribution in [2.75, 3.05) is 39.3 Å². The van der Waals surface area contributed by atoms with E-state index in [1.165, 1.54) is 0 Å². The normalized spacial score (nSPS) is 15.4. The van der Waals surface area contributed by atoms with Crippen molar-refractivity contribution in [3.63, 3.8) is 0 Å². The average Bonchev–Trinajstić information content (AvgIpc) is 2.32. The van der Waals surface area contributed by atoms with Crippen molar-refractivity contribution < 1.29 is 0 Å². The van der Waals surface area contributed by atoms with Crippen molar-refractivity contribution in [1.29, 1.82) is 0 Å². The predicted molar refractivity (Wildman–Crippen MR) is 88.8 cm³/mol. The number of halogens is 1. The van der Waals surface area contributed by atoms with Crippen LogP contribution in [0.4, 0.5) is 0 Å². The fourth-order valence-electron chi connectivity index (χ4n) is 2.78. The van der Waals surface area contributed by atoms with Gasteiger partial charge in [-0.1, -0.05) is 0 Å². The molecular weight excluding hydrogens is 311 g/mol. The van der Waals surface area contributed by atoms with Crippen LogP contribution in [-0.2, 0) is 0 Å². The average molecular weight is 343 g/mol. The van der Waals surface area contributed by atoms with Crippen molar-refractivity contribution in [1.82, 2.24) is 14.0 Å². The third-order valence-electron chi connectivity index (χ3n) is 3.76. The third-order valence-corrected chi connectivity index (χ3v) is 12.6. The first-order chi connectivity index (χ1) is 8.36. The fourth-order valence-corrected chi connectivity index (χ4v) is 11.0. The number of nitrogens with two attached hydrogens (primary N) is 1. The Morgan fingerprint density at radius 2 is 0.833 bits per heavy atom. The zero-order valence-corrected chi connectivity index (χ0v) is 15.5. The molecule has 0 spiro atoms. The molecule has 0 unspecified atom stereocenters. The van der Waals surface area contributed by atoms with Gasteiger partial charge in [-0.25, -0.2) is 0 Å². The van der Waals surface area contributed by atoms with Gasteiger partial charge >= 0.3 is 122 Å². The maximum atomic E-state index is 7.06. The molecule has 0 aromatic heterocycles. The zero-order chi connectivity index (χ0) is 14.4. The van der Waals surface area contributed by atoms with Crippen LogP contribution in [0.5, 0.6) is 0 Å². The first kappa shape index (κ1) is 18.8. The van der Waals surface area contributed by atoms with E-state index >= 15 is 0 Å². The van der Waals surface area contributed by atoms with Crippen LogP contribution < -0.4 is 5.50 Å². The van der Waals surface area contributed by atoms with Crippen LogP contribution in [-0.4, -0.2) is 53.3 Å². The molecule has 0 aliphatic carbocycles. The van der Waals surface area contributed by atoms with Crippen molar-refractivity contribution >= 4 is 21.4 Å². The molecule has 0 rings (SSSR count). The minimum absolute atomic E-state index is 0.961. The third kappa shape index (κ3) is 3.08. The molecule has 0 aromatic carbocycles. The molecule has 2 N–H and O–H groups in total. The van der Waals surface area contributed by atoms with E-state index in [2.05, 4.69) is 71.0 Å². The summed E-state index contributed by atoms with van der Waals surface area (Å²) in [4.78, 5) is 0. The second-order valence-corrected chi connectivity index (χ2v) is 12.0. The first-order valence-electron chi connectivity index (χ1n) is 7.17. The van der Waals surface area contributed by atoms with Crippen molar-refractivity contribution in [3.05, 3.63) is 0 Å². The molecule has 0 radical (unpaired) electrons.